The summed E-state index contributed by atoms with van der Waals surface area (Å²) in [6.07, 6.45) is 4.13. The van der Waals surface area contributed by atoms with Crippen molar-refractivity contribution in [3.05, 3.63) is 53.4 Å². The second-order valence-electron chi connectivity index (χ2n) is 3.73. The highest BCUT2D eigenvalue weighted by molar-refractivity contribution is 6.33. The van der Waals surface area contributed by atoms with E-state index in [4.69, 9.17) is 11.6 Å². The van der Waals surface area contributed by atoms with Crippen LogP contribution in [0.4, 0.5) is 0 Å². The second kappa shape index (κ2) is 4.23. The Balaban J connectivity index is 2.37. The van der Waals surface area contributed by atoms with E-state index in [1.807, 2.05) is 18.2 Å². The number of benzene rings is 1. The Hall–Kier alpha value is -2.20. The molecule has 1 aromatic carbocycles. The average Bonchev–Trinajstić information content (AvgIpc) is 2.78. The molecule has 3 aromatic rings. The van der Waals surface area contributed by atoms with Crippen LogP contribution in [0.1, 0.15) is 10.5 Å². The Labute approximate surface area is 108 Å². The van der Waals surface area contributed by atoms with Gasteiger partial charge in [0.2, 0.25) is 0 Å². The van der Waals surface area contributed by atoms with Crippen molar-refractivity contribution in [2.45, 2.75) is 0 Å². The summed E-state index contributed by atoms with van der Waals surface area (Å²) in [6, 6.07) is 9.15. The fourth-order valence-electron chi connectivity index (χ4n) is 1.86. The Morgan fingerprint density at radius 1 is 1.22 bits per heavy atom. The Morgan fingerprint density at radius 2 is 2.06 bits per heavy atom. The molecule has 0 aliphatic carbocycles. The third kappa shape index (κ3) is 1.58. The van der Waals surface area contributed by atoms with Crippen molar-refractivity contribution in [2.24, 2.45) is 0 Å². The van der Waals surface area contributed by atoms with E-state index >= 15 is 0 Å². The summed E-state index contributed by atoms with van der Waals surface area (Å²) >= 11 is 6.15. The van der Waals surface area contributed by atoms with E-state index < -0.39 is 0 Å². The lowest BCUT2D eigenvalue weighted by Gasteiger charge is -2.02. The highest BCUT2D eigenvalue weighted by Gasteiger charge is 2.14. The molecule has 0 unspecified atom stereocenters. The van der Waals surface area contributed by atoms with Crippen LogP contribution < -0.4 is 0 Å². The van der Waals surface area contributed by atoms with Crippen molar-refractivity contribution in [3.8, 4) is 11.4 Å². The van der Waals surface area contributed by atoms with E-state index in [9.17, 15) is 4.79 Å². The molecule has 0 saturated heterocycles. The van der Waals surface area contributed by atoms with Crippen LogP contribution in [0.25, 0.3) is 17.0 Å². The molecule has 0 amide bonds. The number of hydrogen-bond donors (Lipinski definition) is 0. The minimum atomic E-state index is 0.311. The van der Waals surface area contributed by atoms with Crippen LogP contribution in [-0.4, -0.2) is 20.7 Å². The normalized spacial score (nSPS) is 10.7. The zero-order chi connectivity index (χ0) is 12.5. The Morgan fingerprint density at radius 3 is 2.83 bits per heavy atom. The summed E-state index contributed by atoms with van der Waals surface area (Å²) in [6.45, 7) is 0. The molecule has 0 atom stereocenters. The lowest BCUT2D eigenvalue weighted by atomic mass is 10.2. The molecule has 2 aromatic heterocycles. The van der Waals surface area contributed by atoms with Gasteiger partial charge in [-0.2, -0.15) is 0 Å². The minimum Gasteiger partial charge on any atom is -0.296 e. The molecular weight excluding hydrogens is 250 g/mol. The van der Waals surface area contributed by atoms with Crippen LogP contribution in [0.2, 0.25) is 5.02 Å². The topological polar surface area (TPSA) is 47.3 Å². The van der Waals surface area contributed by atoms with Gasteiger partial charge in [0.15, 0.2) is 11.9 Å². The first-order valence-electron chi connectivity index (χ1n) is 5.34. The number of carbonyl (C=O) groups is 1. The van der Waals surface area contributed by atoms with E-state index in [-0.39, 0.29) is 0 Å². The first-order chi connectivity index (χ1) is 8.81. The number of imidazole rings is 1. The number of hydrogen-bond acceptors (Lipinski definition) is 3. The standard InChI is InChI=1S/C13H8ClN3O/c14-10-5-2-1-4-9(10)12-16-11(8-18)13-15-6-3-7-17(12)13/h1-8H. The van der Waals surface area contributed by atoms with Crippen LogP contribution in [0, 0.1) is 0 Å². The Kier molecular flexibility index (Phi) is 2.57. The van der Waals surface area contributed by atoms with Gasteiger partial charge in [0.1, 0.15) is 11.5 Å². The number of halogens is 1. The van der Waals surface area contributed by atoms with Gasteiger partial charge in [-0.05, 0) is 18.2 Å². The third-order valence-electron chi connectivity index (χ3n) is 2.66. The van der Waals surface area contributed by atoms with E-state index in [0.717, 1.165) is 5.56 Å². The number of aldehydes is 1. The zero-order valence-corrected chi connectivity index (χ0v) is 10.0. The summed E-state index contributed by atoms with van der Waals surface area (Å²) in [5, 5.41) is 0.589. The number of carbonyl (C=O) groups excluding carboxylic acids is 1. The molecule has 3 rings (SSSR count). The highest BCUT2D eigenvalue weighted by Crippen LogP contribution is 2.27. The highest BCUT2D eigenvalue weighted by atomic mass is 35.5. The Bertz CT molecular complexity index is 736. The van der Waals surface area contributed by atoms with Gasteiger partial charge in [0.05, 0.1) is 5.02 Å². The molecule has 4 nitrogen and oxygen atoms in total. The van der Waals surface area contributed by atoms with Gasteiger partial charge < -0.3 is 0 Å². The first-order valence-corrected chi connectivity index (χ1v) is 5.72. The van der Waals surface area contributed by atoms with Crippen LogP contribution in [0.5, 0.6) is 0 Å². The zero-order valence-electron chi connectivity index (χ0n) is 9.25. The number of rotatable bonds is 2. The molecule has 0 N–H and O–H groups in total. The summed E-state index contributed by atoms with van der Waals surface area (Å²) in [5.41, 5.74) is 1.61. The van der Waals surface area contributed by atoms with Crippen LogP contribution in [-0.2, 0) is 0 Å². The van der Waals surface area contributed by atoms with E-state index in [2.05, 4.69) is 9.97 Å². The number of fused-ring (bicyclic) bond motifs is 1. The van der Waals surface area contributed by atoms with Gasteiger partial charge in [0, 0.05) is 18.0 Å². The third-order valence-corrected chi connectivity index (χ3v) is 2.99. The first kappa shape index (κ1) is 10.9. The molecule has 0 radical (unpaired) electrons. The summed E-state index contributed by atoms with van der Waals surface area (Å²) in [4.78, 5) is 19.4. The van der Waals surface area contributed by atoms with Crippen LogP contribution in [0.3, 0.4) is 0 Å². The van der Waals surface area contributed by atoms with E-state index in [1.54, 1.807) is 28.9 Å². The molecule has 5 heteroatoms. The molecule has 2 heterocycles. The molecule has 88 valence electrons. The largest absolute Gasteiger partial charge is 0.296 e. The predicted octanol–water partition coefficient (Wildman–Crippen LogP) is 2.86. The fraction of sp³-hybridized carbons (Fsp3) is 0. The van der Waals surface area contributed by atoms with Crippen molar-refractivity contribution >= 4 is 23.5 Å². The molecule has 0 spiro atoms. The number of nitrogens with zero attached hydrogens (tertiary/aromatic N) is 3. The molecule has 0 bridgehead atoms. The molecular formula is C13H8ClN3O. The van der Waals surface area contributed by atoms with Crippen molar-refractivity contribution in [2.75, 3.05) is 0 Å². The molecule has 18 heavy (non-hydrogen) atoms. The van der Waals surface area contributed by atoms with E-state index in [1.165, 1.54) is 0 Å². The lowest BCUT2D eigenvalue weighted by Crippen LogP contribution is -1.90. The van der Waals surface area contributed by atoms with Crippen molar-refractivity contribution < 1.29 is 4.79 Å². The SMILES string of the molecule is O=Cc1nc(-c2ccccc2Cl)n2cccnc12. The minimum absolute atomic E-state index is 0.311. The molecule has 0 saturated carbocycles. The maximum atomic E-state index is 11.0. The molecule has 0 fully saturated rings. The molecule has 0 aliphatic heterocycles. The monoisotopic (exact) mass is 257 g/mol. The predicted molar refractivity (Wildman–Crippen MR) is 68.8 cm³/mol. The quantitative estimate of drug-likeness (QED) is 0.663. The van der Waals surface area contributed by atoms with Crippen LogP contribution >= 0.6 is 11.6 Å². The second-order valence-corrected chi connectivity index (χ2v) is 4.14. The van der Waals surface area contributed by atoms with Gasteiger partial charge in [-0.1, -0.05) is 23.7 Å². The maximum Gasteiger partial charge on any atom is 0.172 e. The van der Waals surface area contributed by atoms with Gasteiger partial charge in [-0.15, -0.1) is 0 Å². The average molecular weight is 258 g/mol. The van der Waals surface area contributed by atoms with Crippen LogP contribution in [0.15, 0.2) is 42.7 Å². The summed E-state index contributed by atoms with van der Waals surface area (Å²) < 4.78 is 1.75. The fourth-order valence-corrected chi connectivity index (χ4v) is 2.08. The van der Waals surface area contributed by atoms with Crippen molar-refractivity contribution in [1.29, 1.82) is 0 Å². The summed E-state index contributed by atoms with van der Waals surface area (Å²) in [5.74, 6) is 0.616. The van der Waals surface area contributed by atoms with Crippen molar-refractivity contribution in [3.63, 3.8) is 0 Å². The maximum absolute atomic E-state index is 11.0. The molecule has 0 aliphatic rings. The van der Waals surface area contributed by atoms with Crippen molar-refractivity contribution in [1.82, 2.24) is 14.4 Å². The number of aromatic nitrogens is 3. The van der Waals surface area contributed by atoms with Gasteiger partial charge >= 0.3 is 0 Å². The lowest BCUT2D eigenvalue weighted by molar-refractivity contribution is 0.112. The van der Waals surface area contributed by atoms with Gasteiger partial charge in [-0.3, -0.25) is 9.20 Å². The van der Waals surface area contributed by atoms with Gasteiger partial charge in [0.25, 0.3) is 0 Å². The smallest absolute Gasteiger partial charge is 0.172 e. The van der Waals surface area contributed by atoms with E-state index in [0.29, 0.717) is 28.5 Å². The summed E-state index contributed by atoms with van der Waals surface area (Å²) in [7, 11) is 0. The van der Waals surface area contributed by atoms with Gasteiger partial charge in [-0.25, -0.2) is 9.97 Å².